The highest BCUT2D eigenvalue weighted by atomic mass is 79.9. The summed E-state index contributed by atoms with van der Waals surface area (Å²) >= 11 is 5.09. The Balaban J connectivity index is 1.79. The molecule has 0 radical (unpaired) electrons. The summed E-state index contributed by atoms with van der Waals surface area (Å²) in [4.78, 5) is 5.40. The first kappa shape index (κ1) is 13.5. The van der Waals surface area contributed by atoms with Crippen molar-refractivity contribution in [1.29, 1.82) is 0 Å². The van der Waals surface area contributed by atoms with Gasteiger partial charge in [0, 0.05) is 15.8 Å². The molecule has 1 atom stereocenters. The first-order chi connectivity index (χ1) is 9.74. The largest absolute Gasteiger partial charge is 0.337 e. The molecule has 2 heterocycles. The van der Waals surface area contributed by atoms with E-state index in [1.807, 2.05) is 41.8 Å². The summed E-state index contributed by atoms with van der Waals surface area (Å²) < 4.78 is 6.30. The summed E-state index contributed by atoms with van der Waals surface area (Å²) in [6.45, 7) is 0. The Kier molecular flexibility index (Phi) is 3.95. The Hall–Kier alpha value is -1.50. The van der Waals surface area contributed by atoms with E-state index in [0.717, 1.165) is 14.9 Å². The lowest BCUT2D eigenvalue weighted by Gasteiger charge is -2.02. The van der Waals surface area contributed by atoms with Crippen LogP contribution in [-0.4, -0.2) is 10.1 Å². The normalized spacial score (nSPS) is 12.5. The van der Waals surface area contributed by atoms with Crippen molar-refractivity contribution in [2.45, 2.75) is 12.5 Å². The minimum absolute atomic E-state index is 0.351. The number of hydrogen-bond acceptors (Lipinski definition) is 5. The number of rotatable bonds is 4. The third kappa shape index (κ3) is 2.82. The van der Waals surface area contributed by atoms with Crippen LogP contribution < -0.4 is 5.73 Å². The second kappa shape index (κ2) is 5.87. The van der Waals surface area contributed by atoms with Crippen LogP contribution in [0.3, 0.4) is 0 Å². The molecule has 0 fully saturated rings. The molecule has 102 valence electrons. The zero-order valence-corrected chi connectivity index (χ0v) is 12.9. The van der Waals surface area contributed by atoms with Gasteiger partial charge < -0.3 is 10.3 Å². The van der Waals surface area contributed by atoms with Crippen molar-refractivity contribution in [3.05, 3.63) is 68.4 Å². The molecule has 0 aliphatic heterocycles. The first-order valence-corrected chi connectivity index (χ1v) is 7.76. The van der Waals surface area contributed by atoms with E-state index in [1.165, 1.54) is 0 Å². The molecular formula is C14H12BrN3OS. The Morgan fingerprint density at radius 1 is 1.25 bits per heavy atom. The predicted molar refractivity (Wildman–Crippen MR) is 81.6 cm³/mol. The van der Waals surface area contributed by atoms with Crippen molar-refractivity contribution in [2.75, 3.05) is 0 Å². The van der Waals surface area contributed by atoms with Crippen molar-refractivity contribution in [2.24, 2.45) is 5.73 Å². The Morgan fingerprint density at radius 2 is 2.10 bits per heavy atom. The zero-order chi connectivity index (χ0) is 13.9. The summed E-state index contributed by atoms with van der Waals surface area (Å²) in [5, 5.41) is 5.98. The van der Waals surface area contributed by atoms with Crippen molar-refractivity contribution in [3.8, 4) is 0 Å². The second-order valence-electron chi connectivity index (χ2n) is 4.31. The third-order valence-corrected chi connectivity index (χ3v) is 4.63. The Morgan fingerprint density at radius 3 is 2.85 bits per heavy atom. The van der Waals surface area contributed by atoms with E-state index in [-0.39, 0.29) is 6.04 Å². The number of halogens is 1. The maximum atomic E-state index is 6.10. The van der Waals surface area contributed by atoms with Crippen molar-refractivity contribution >= 4 is 27.3 Å². The third-order valence-electron chi connectivity index (χ3n) is 2.91. The second-order valence-corrected chi connectivity index (χ2v) is 6.14. The van der Waals surface area contributed by atoms with Gasteiger partial charge in [0.1, 0.15) is 6.04 Å². The van der Waals surface area contributed by atoms with Gasteiger partial charge in [-0.05, 0) is 23.1 Å². The van der Waals surface area contributed by atoms with E-state index in [4.69, 9.17) is 10.3 Å². The SMILES string of the molecule is NC(c1nc(Cc2ccccc2Br)no1)c1cccs1. The van der Waals surface area contributed by atoms with Crippen LogP contribution in [0.25, 0.3) is 0 Å². The number of hydrogen-bond donors (Lipinski definition) is 1. The van der Waals surface area contributed by atoms with Crippen LogP contribution in [0.2, 0.25) is 0 Å². The maximum Gasteiger partial charge on any atom is 0.248 e. The van der Waals surface area contributed by atoms with Gasteiger partial charge in [-0.25, -0.2) is 0 Å². The number of nitrogens with two attached hydrogens (primary N) is 1. The number of nitrogens with zero attached hydrogens (tertiary/aromatic N) is 2. The van der Waals surface area contributed by atoms with E-state index < -0.39 is 0 Å². The molecule has 1 aromatic carbocycles. The molecule has 6 heteroatoms. The average Bonchev–Trinajstić information content (AvgIpc) is 3.12. The molecule has 2 N–H and O–H groups in total. The van der Waals surface area contributed by atoms with Gasteiger partial charge in [-0.2, -0.15) is 4.98 Å². The van der Waals surface area contributed by atoms with Crippen LogP contribution in [0, 0.1) is 0 Å². The highest BCUT2D eigenvalue weighted by Gasteiger charge is 2.18. The van der Waals surface area contributed by atoms with Gasteiger partial charge in [0.05, 0.1) is 0 Å². The number of thiophene rings is 1. The number of benzene rings is 1. The van der Waals surface area contributed by atoms with Crippen LogP contribution in [-0.2, 0) is 6.42 Å². The molecule has 3 aromatic rings. The van der Waals surface area contributed by atoms with Crippen LogP contribution in [0.1, 0.15) is 28.2 Å². The molecular weight excluding hydrogens is 338 g/mol. The summed E-state index contributed by atoms with van der Waals surface area (Å²) in [7, 11) is 0. The molecule has 0 saturated heterocycles. The molecule has 0 spiro atoms. The fourth-order valence-corrected chi connectivity index (χ4v) is 3.01. The first-order valence-electron chi connectivity index (χ1n) is 6.09. The molecule has 1 unspecified atom stereocenters. The van der Waals surface area contributed by atoms with Crippen molar-refractivity contribution in [1.82, 2.24) is 10.1 Å². The lowest BCUT2D eigenvalue weighted by molar-refractivity contribution is 0.364. The van der Waals surface area contributed by atoms with Crippen molar-refractivity contribution < 1.29 is 4.52 Å². The minimum Gasteiger partial charge on any atom is -0.337 e. The molecule has 0 aliphatic rings. The highest BCUT2D eigenvalue weighted by molar-refractivity contribution is 9.10. The number of aromatic nitrogens is 2. The Bertz CT molecular complexity index is 696. The van der Waals surface area contributed by atoms with Crippen LogP contribution in [0.4, 0.5) is 0 Å². The molecule has 20 heavy (non-hydrogen) atoms. The molecule has 0 aliphatic carbocycles. The van der Waals surface area contributed by atoms with E-state index in [2.05, 4.69) is 26.1 Å². The van der Waals surface area contributed by atoms with Gasteiger partial charge >= 0.3 is 0 Å². The summed E-state index contributed by atoms with van der Waals surface area (Å²) in [6.07, 6.45) is 0.613. The van der Waals surface area contributed by atoms with Crippen LogP contribution >= 0.6 is 27.3 Å². The molecule has 0 bridgehead atoms. The molecule has 2 aromatic heterocycles. The van der Waals surface area contributed by atoms with E-state index in [1.54, 1.807) is 11.3 Å². The lowest BCUT2D eigenvalue weighted by Crippen LogP contribution is -2.10. The minimum atomic E-state index is -0.351. The van der Waals surface area contributed by atoms with Crippen LogP contribution in [0.5, 0.6) is 0 Å². The van der Waals surface area contributed by atoms with Gasteiger partial charge in [-0.3, -0.25) is 0 Å². The fraction of sp³-hybridized carbons (Fsp3) is 0.143. The fourth-order valence-electron chi connectivity index (χ4n) is 1.87. The zero-order valence-electron chi connectivity index (χ0n) is 10.5. The molecule has 3 rings (SSSR count). The molecule has 0 amide bonds. The summed E-state index contributed by atoms with van der Waals surface area (Å²) in [5.74, 6) is 1.09. The maximum absolute atomic E-state index is 6.10. The van der Waals surface area contributed by atoms with Gasteiger partial charge in [0.15, 0.2) is 5.82 Å². The summed E-state index contributed by atoms with van der Waals surface area (Å²) in [6, 6.07) is 11.6. The highest BCUT2D eigenvalue weighted by Crippen LogP contribution is 2.23. The Labute approximate surface area is 128 Å². The monoisotopic (exact) mass is 349 g/mol. The van der Waals surface area contributed by atoms with Gasteiger partial charge in [-0.15, -0.1) is 11.3 Å². The van der Waals surface area contributed by atoms with Gasteiger partial charge in [0.2, 0.25) is 5.89 Å². The molecule has 0 saturated carbocycles. The average molecular weight is 350 g/mol. The smallest absolute Gasteiger partial charge is 0.248 e. The summed E-state index contributed by atoms with van der Waals surface area (Å²) in [5.41, 5.74) is 7.22. The predicted octanol–water partition coefficient (Wildman–Crippen LogP) is 3.53. The van der Waals surface area contributed by atoms with Gasteiger partial charge in [0.25, 0.3) is 0 Å². The molecule has 4 nitrogen and oxygen atoms in total. The van der Waals surface area contributed by atoms with Crippen molar-refractivity contribution in [3.63, 3.8) is 0 Å². The van der Waals surface area contributed by atoms with E-state index >= 15 is 0 Å². The van der Waals surface area contributed by atoms with E-state index in [0.29, 0.717) is 18.1 Å². The standard InChI is InChI=1S/C14H12BrN3OS/c15-10-5-2-1-4-9(10)8-12-17-14(19-18-12)13(16)11-6-3-7-20-11/h1-7,13H,8,16H2. The van der Waals surface area contributed by atoms with Crippen LogP contribution in [0.15, 0.2) is 50.8 Å². The lowest BCUT2D eigenvalue weighted by atomic mass is 10.1. The quantitative estimate of drug-likeness (QED) is 0.782. The van der Waals surface area contributed by atoms with Gasteiger partial charge in [-0.1, -0.05) is 45.4 Å². The topological polar surface area (TPSA) is 64.9 Å². The van der Waals surface area contributed by atoms with E-state index in [9.17, 15) is 0 Å².